The van der Waals surface area contributed by atoms with Gasteiger partial charge in [-0.1, -0.05) is 13.5 Å². The SMILES string of the molecule is C=C1[C@@H]2CC3[C@]4(CC5[C@H]6[C@@]7(C)CC[C@@H](O)[C@@]36[C@@H]([C@@H]4C2)N5C7)[C@H]1O. The van der Waals surface area contributed by atoms with Crippen LogP contribution in [0.2, 0.25) is 0 Å². The van der Waals surface area contributed by atoms with Gasteiger partial charge in [0, 0.05) is 29.5 Å². The van der Waals surface area contributed by atoms with E-state index in [4.69, 9.17) is 0 Å². The van der Waals surface area contributed by atoms with E-state index in [1.165, 1.54) is 32.2 Å². The summed E-state index contributed by atoms with van der Waals surface area (Å²) in [6.45, 7) is 8.05. The predicted molar refractivity (Wildman–Crippen MR) is 85.5 cm³/mol. The maximum Gasteiger partial charge on any atom is 0.0813 e. The number of nitrogens with zero attached hydrogens (tertiary/aromatic N) is 1. The van der Waals surface area contributed by atoms with Crippen molar-refractivity contribution in [3.63, 3.8) is 0 Å². The third kappa shape index (κ3) is 0.910. The molecule has 124 valence electrons. The van der Waals surface area contributed by atoms with Gasteiger partial charge in [-0.15, -0.1) is 0 Å². The second-order valence-corrected chi connectivity index (χ2v) is 10.5. The molecule has 0 amide bonds. The van der Waals surface area contributed by atoms with Crippen molar-refractivity contribution in [2.75, 3.05) is 6.54 Å². The molecule has 3 unspecified atom stereocenters. The Hall–Kier alpha value is -0.380. The van der Waals surface area contributed by atoms with E-state index in [2.05, 4.69) is 18.4 Å². The van der Waals surface area contributed by atoms with E-state index in [1.54, 1.807) is 0 Å². The molecule has 2 N–H and O–H groups in total. The van der Waals surface area contributed by atoms with Gasteiger partial charge in [0.25, 0.3) is 0 Å². The molecule has 0 aromatic rings. The lowest BCUT2D eigenvalue weighted by Crippen LogP contribution is -2.65. The van der Waals surface area contributed by atoms with Crippen molar-refractivity contribution >= 4 is 0 Å². The summed E-state index contributed by atoms with van der Waals surface area (Å²) in [6, 6.07) is 1.19. The summed E-state index contributed by atoms with van der Waals surface area (Å²) in [5.41, 5.74) is 1.72. The maximum absolute atomic E-state index is 11.3. The van der Waals surface area contributed by atoms with Crippen LogP contribution in [0.25, 0.3) is 0 Å². The van der Waals surface area contributed by atoms with Crippen molar-refractivity contribution in [2.24, 2.45) is 39.9 Å². The van der Waals surface area contributed by atoms with Crippen molar-refractivity contribution in [1.82, 2.24) is 4.90 Å². The first-order chi connectivity index (χ1) is 11.0. The van der Waals surface area contributed by atoms with Gasteiger partial charge in [0.05, 0.1) is 12.2 Å². The second-order valence-electron chi connectivity index (χ2n) is 10.5. The van der Waals surface area contributed by atoms with Crippen LogP contribution in [0.5, 0.6) is 0 Å². The number of aliphatic hydroxyl groups excluding tert-OH is 2. The Morgan fingerprint density at radius 2 is 2.09 bits per heavy atom. The Labute approximate surface area is 137 Å². The molecular formula is C20H27NO2. The molecule has 0 radical (unpaired) electrons. The van der Waals surface area contributed by atoms with Gasteiger partial charge in [-0.2, -0.15) is 0 Å². The van der Waals surface area contributed by atoms with Gasteiger partial charge in [-0.05, 0) is 66.8 Å². The molecule has 6 saturated carbocycles. The van der Waals surface area contributed by atoms with Gasteiger partial charge in [0.1, 0.15) is 0 Å². The zero-order valence-electron chi connectivity index (χ0n) is 13.9. The summed E-state index contributed by atoms with van der Waals surface area (Å²) in [6.07, 6.45) is 5.38. The van der Waals surface area contributed by atoms with Gasteiger partial charge < -0.3 is 10.2 Å². The maximum atomic E-state index is 11.3. The van der Waals surface area contributed by atoms with Crippen molar-refractivity contribution < 1.29 is 10.2 Å². The van der Waals surface area contributed by atoms with Crippen molar-refractivity contribution in [3.05, 3.63) is 12.2 Å². The van der Waals surface area contributed by atoms with Crippen LogP contribution in [-0.2, 0) is 0 Å². The van der Waals surface area contributed by atoms with Gasteiger partial charge in [0.15, 0.2) is 0 Å². The fourth-order valence-electron chi connectivity index (χ4n) is 10.3. The zero-order valence-corrected chi connectivity index (χ0v) is 13.9. The monoisotopic (exact) mass is 313 g/mol. The molecule has 9 rings (SSSR count). The number of piperidine rings is 2. The fourth-order valence-corrected chi connectivity index (χ4v) is 10.3. The highest BCUT2D eigenvalue weighted by Crippen LogP contribution is 2.86. The Bertz CT molecular complexity index is 677. The third-order valence-electron chi connectivity index (χ3n) is 10.4. The first-order valence-electron chi connectivity index (χ1n) is 9.77. The first kappa shape index (κ1) is 12.9. The highest BCUT2D eigenvalue weighted by Gasteiger charge is 2.89. The minimum atomic E-state index is -0.295. The molecule has 2 spiro atoms. The zero-order chi connectivity index (χ0) is 15.5. The Kier molecular flexibility index (Phi) is 1.79. The van der Waals surface area contributed by atoms with Crippen LogP contribution in [0.3, 0.4) is 0 Å². The van der Waals surface area contributed by atoms with E-state index in [0.717, 1.165) is 12.0 Å². The molecule has 3 heteroatoms. The minimum Gasteiger partial charge on any atom is -0.392 e. The molecule has 0 aromatic heterocycles. The smallest absolute Gasteiger partial charge is 0.0813 e. The van der Waals surface area contributed by atoms with Crippen LogP contribution in [0.1, 0.15) is 39.0 Å². The van der Waals surface area contributed by atoms with Crippen LogP contribution in [0.15, 0.2) is 12.2 Å². The lowest BCUT2D eigenvalue weighted by Gasteiger charge is -2.65. The summed E-state index contributed by atoms with van der Waals surface area (Å²) in [7, 11) is 0. The topological polar surface area (TPSA) is 43.7 Å². The molecule has 9 fully saturated rings. The Balaban J connectivity index is 1.54. The quantitative estimate of drug-likeness (QED) is 0.670. The number of hydrogen-bond acceptors (Lipinski definition) is 3. The Morgan fingerprint density at radius 3 is 2.91 bits per heavy atom. The second kappa shape index (κ2) is 3.20. The average Bonchev–Trinajstić information content (AvgIpc) is 2.94. The van der Waals surface area contributed by atoms with Crippen molar-refractivity contribution in [3.8, 4) is 0 Å². The standard InChI is InChI=1S/C20H27NO2/c1-9-10-5-11-16-20-13(6-10)19(11,17(9)23)7-12-15(20)18(2,8-21(12)16)4-3-14(20)22/h10-17,22-23H,1,3-8H2,2H3/t10-,11-,12?,13?,14+,15-,16+,17-,18-,19+,20-/m0/s1. The average molecular weight is 313 g/mol. The largest absolute Gasteiger partial charge is 0.392 e. The van der Waals surface area contributed by atoms with Gasteiger partial charge in [0.2, 0.25) is 0 Å². The number of aliphatic hydroxyl groups is 2. The third-order valence-corrected chi connectivity index (χ3v) is 10.4. The molecule has 6 aliphatic carbocycles. The van der Waals surface area contributed by atoms with Crippen LogP contribution in [0, 0.1) is 39.9 Å². The van der Waals surface area contributed by atoms with Crippen molar-refractivity contribution in [2.45, 2.75) is 63.3 Å². The minimum absolute atomic E-state index is 0.0672. The summed E-state index contributed by atoms with van der Waals surface area (Å²) in [5, 5.41) is 22.6. The van der Waals surface area contributed by atoms with Crippen LogP contribution in [0.4, 0.5) is 0 Å². The predicted octanol–water partition coefficient (Wildman–Crippen LogP) is 1.79. The number of hydrogen-bond donors (Lipinski definition) is 2. The van der Waals surface area contributed by atoms with Gasteiger partial charge in [-0.25, -0.2) is 0 Å². The number of fused-ring (bicyclic) bond motifs is 1. The molecule has 3 nitrogen and oxygen atoms in total. The molecule has 3 heterocycles. The molecule has 12 atom stereocenters. The molecule has 0 aromatic carbocycles. The van der Waals surface area contributed by atoms with E-state index in [-0.39, 0.29) is 23.0 Å². The molecule has 9 bridgehead atoms. The van der Waals surface area contributed by atoms with Crippen LogP contribution >= 0.6 is 0 Å². The van der Waals surface area contributed by atoms with Crippen LogP contribution in [-0.4, -0.2) is 45.9 Å². The summed E-state index contributed by atoms with van der Waals surface area (Å²) in [5.74, 6) is 2.36. The molecule has 3 aliphatic heterocycles. The Morgan fingerprint density at radius 1 is 1.26 bits per heavy atom. The van der Waals surface area contributed by atoms with Gasteiger partial charge >= 0.3 is 0 Å². The summed E-state index contributed by atoms with van der Waals surface area (Å²) >= 11 is 0. The van der Waals surface area contributed by atoms with E-state index >= 15 is 0 Å². The van der Waals surface area contributed by atoms with E-state index < -0.39 is 0 Å². The lowest BCUT2D eigenvalue weighted by molar-refractivity contribution is -0.194. The van der Waals surface area contributed by atoms with E-state index in [0.29, 0.717) is 41.2 Å². The number of rotatable bonds is 0. The molecule has 3 saturated heterocycles. The highest BCUT2D eigenvalue weighted by atomic mass is 16.3. The normalized spacial score (nSPS) is 75.6. The highest BCUT2D eigenvalue weighted by molar-refractivity contribution is 5.43. The first-order valence-corrected chi connectivity index (χ1v) is 9.77. The molecule has 9 aliphatic rings. The van der Waals surface area contributed by atoms with E-state index in [9.17, 15) is 10.2 Å². The van der Waals surface area contributed by atoms with Crippen molar-refractivity contribution in [1.29, 1.82) is 0 Å². The molecule has 23 heavy (non-hydrogen) atoms. The molecular weight excluding hydrogens is 286 g/mol. The van der Waals surface area contributed by atoms with E-state index in [1.807, 2.05) is 0 Å². The summed E-state index contributed by atoms with van der Waals surface area (Å²) < 4.78 is 0. The fraction of sp³-hybridized carbons (Fsp3) is 0.900. The van der Waals surface area contributed by atoms with Crippen LogP contribution < -0.4 is 0 Å². The summed E-state index contributed by atoms with van der Waals surface area (Å²) in [4.78, 5) is 2.83. The lowest BCUT2D eigenvalue weighted by atomic mass is 9.40. The van der Waals surface area contributed by atoms with Gasteiger partial charge in [-0.3, -0.25) is 4.90 Å².